The van der Waals surface area contributed by atoms with Crippen molar-refractivity contribution in [3.05, 3.63) is 16.6 Å². The summed E-state index contributed by atoms with van der Waals surface area (Å²) in [5.74, 6) is 0. The van der Waals surface area contributed by atoms with Crippen molar-refractivity contribution in [2.75, 3.05) is 13.3 Å². The molecule has 0 amide bonds. The lowest BCUT2D eigenvalue weighted by atomic mass is 10.5. The van der Waals surface area contributed by atoms with Crippen LogP contribution in [0, 0.1) is 0 Å². The highest BCUT2D eigenvalue weighted by molar-refractivity contribution is 7.52. The second kappa shape index (κ2) is 4.86. The van der Waals surface area contributed by atoms with Crippen molar-refractivity contribution in [3.63, 3.8) is 0 Å². The molecule has 0 saturated carbocycles. The lowest BCUT2D eigenvalue weighted by molar-refractivity contribution is 0.208. The van der Waals surface area contributed by atoms with Crippen LogP contribution >= 0.6 is 18.9 Å². The van der Waals surface area contributed by atoms with Gasteiger partial charge >= 0.3 is 7.60 Å². The summed E-state index contributed by atoms with van der Waals surface area (Å²) >= 11 is 1.48. The number of hydrogen-bond donors (Lipinski definition) is 0. The summed E-state index contributed by atoms with van der Waals surface area (Å²) < 4.78 is 21.5. The van der Waals surface area contributed by atoms with Gasteiger partial charge in [0, 0.05) is 12.0 Å². The van der Waals surface area contributed by atoms with E-state index in [9.17, 15) is 4.57 Å². The highest BCUT2D eigenvalue weighted by Crippen LogP contribution is 2.44. The minimum absolute atomic E-state index is 0.247. The maximum Gasteiger partial charge on any atom is 0.327 e. The maximum absolute atomic E-state index is 11.4. The quantitative estimate of drug-likeness (QED) is 0.717. The Kier molecular flexibility index (Phi) is 4.06. The van der Waals surface area contributed by atoms with E-state index in [4.69, 9.17) is 9.05 Å². The van der Waals surface area contributed by atoms with Gasteiger partial charge in [-0.2, -0.15) is 0 Å². The molecule has 1 atom stereocenters. The number of hydrogen-bond acceptors (Lipinski definition) is 5. The summed E-state index contributed by atoms with van der Waals surface area (Å²) in [5, 5.41) is 1.85. The van der Waals surface area contributed by atoms with Gasteiger partial charge in [-0.25, -0.2) is 4.98 Å². The first kappa shape index (κ1) is 10.9. The molecule has 1 unspecified atom stereocenters. The van der Waals surface area contributed by atoms with Crippen molar-refractivity contribution in [2.45, 2.75) is 13.5 Å². The molecule has 1 rings (SSSR count). The topological polar surface area (TPSA) is 48.4 Å². The summed E-state index contributed by atoms with van der Waals surface area (Å²) in [6, 6.07) is 0. The van der Waals surface area contributed by atoms with Crippen molar-refractivity contribution in [1.82, 2.24) is 4.98 Å². The maximum atomic E-state index is 11.4. The highest BCUT2D eigenvalue weighted by Gasteiger charge is 2.15. The first-order chi connectivity index (χ1) is 6.14. The molecular weight excluding hydrogens is 209 g/mol. The highest BCUT2D eigenvalue weighted by atomic mass is 32.1. The zero-order chi connectivity index (χ0) is 9.73. The second-order valence-electron chi connectivity index (χ2n) is 2.44. The van der Waals surface area contributed by atoms with E-state index in [2.05, 4.69) is 4.98 Å². The van der Waals surface area contributed by atoms with Gasteiger partial charge in [0.2, 0.25) is 0 Å². The summed E-state index contributed by atoms with van der Waals surface area (Å²) in [5.41, 5.74) is 2.49. The molecule has 0 fully saturated rings. The first-order valence-corrected chi connectivity index (χ1v) is 6.81. The second-order valence-corrected chi connectivity index (χ2v) is 5.22. The van der Waals surface area contributed by atoms with Crippen LogP contribution < -0.4 is 0 Å². The van der Waals surface area contributed by atoms with Crippen molar-refractivity contribution < 1.29 is 13.6 Å². The molecule has 0 aliphatic rings. The third-order valence-electron chi connectivity index (χ3n) is 1.29. The lowest BCUT2D eigenvalue weighted by Crippen LogP contribution is -1.94. The Bertz CT molecular complexity index is 288. The SMILES string of the molecule is CCOP(C)(=O)OCc1cscn1. The minimum Gasteiger partial charge on any atom is -0.309 e. The van der Waals surface area contributed by atoms with Gasteiger partial charge in [-0.3, -0.25) is 4.57 Å². The molecule has 0 aliphatic heterocycles. The average molecular weight is 221 g/mol. The van der Waals surface area contributed by atoms with E-state index in [0.717, 1.165) is 5.69 Å². The third-order valence-corrected chi connectivity index (χ3v) is 3.25. The third kappa shape index (κ3) is 4.00. The van der Waals surface area contributed by atoms with E-state index in [-0.39, 0.29) is 6.61 Å². The van der Waals surface area contributed by atoms with Gasteiger partial charge < -0.3 is 9.05 Å². The molecular formula is C7H12NO3PS. The number of rotatable bonds is 5. The smallest absolute Gasteiger partial charge is 0.309 e. The van der Waals surface area contributed by atoms with Crippen LogP contribution in [0.15, 0.2) is 10.9 Å². The summed E-state index contributed by atoms with van der Waals surface area (Å²) in [6.07, 6.45) is 0. The van der Waals surface area contributed by atoms with Crippen molar-refractivity contribution in [1.29, 1.82) is 0 Å². The van der Waals surface area contributed by atoms with Crippen LogP contribution in [0.4, 0.5) is 0 Å². The van der Waals surface area contributed by atoms with E-state index in [0.29, 0.717) is 6.61 Å². The Morgan fingerprint density at radius 2 is 2.38 bits per heavy atom. The van der Waals surface area contributed by atoms with Gasteiger partial charge in [-0.15, -0.1) is 11.3 Å². The Balaban J connectivity index is 2.38. The van der Waals surface area contributed by atoms with Crippen LogP contribution in [-0.2, 0) is 20.2 Å². The van der Waals surface area contributed by atoms with E-state index < -0.39 is 7.60 Å². The fraction of sp³-hybridized carbons (Fsp3) is 0.571. The van der Waals surface area contributed by atoms with E-state index >= 15 is 0 Å². The molecule has 0 aliphatic carbocycles. The fourth-order valence-electron chi connectivity index (χ4n) is 0.764. The first-order valence-electron chi connectivity index (χ1n) is 3.87. The molecule has 13 heavy (non-hydrogen) atoms. The Hall–Kier alpha value is -0.220. The number of thiazole rings is 1. The van der Waals surface area contributed by atoms with Crippen molar-refractivity contribution in [2.24, 2.45) is 0 Å². The fourth-order valence-corrected chi connectivity index (χ4v) is 2.22. The van der Waals surface area contributed by atoms with Crippen LogP contribution in [0.5, 0.6) is 0 Å². The van der Waals surface area contributed by atoms with Crippen molar-refractivity contribution in [3.8, 4) is 0 Å². The standard InChI is InChI=1S/C7H12NO3PS/c1-3-10-12(2,9)11-4-7-5-13-6-8-7/h5-6H,3-4H2,1-2H3. The molecule has 4 nitrogen and oxygen atoms in total. The number of aromatic nitrogens is 1. The molecule has 0 saturated heterocycles. The van der Waals surface area contributed by atoms with Gasteiger partial charge in [-0.05, 0) is 6.92 Å². The average Bonchev–Trinajstić information content (AvgIpc) is 2.52. The molecule has 1 aromatic rings. The zero-order valence-corrected chi connectivity index (χ0v) is 9.31. The molecule has 0 aromatic carbocycles. The molecule has 0 spiro atoms. The monoisotopic (exact) mass is 221 g/mol. The lowest BCUT2D eigenvalue weighted by Gasteiger charge is -2.11. The van der Waals surface area contributed by atoms with Gasteiger partial charge in [0.1, 0.15) is 0 Å². The van der Waals surface area contributed by atoms with Crippen LogP contribution in [0.3, 0.4) is 0 Å². The van der Waals surface area contributed by atoms with Gasteiger partial charge in [0.05, 0.1) is 24.4 Å². The molecule has 1 heterocycles. The van der Waals surface area contributed by atoms with E-state index in [1.165, 1.54) is 18.0 Å². The Morgan fingerprint density at radius 1 is 1.62 bits per heavy atom. The van der Waals surface area contributed by atoms with Crippen LogP contribution in [0.25, 0.3) is 0 Å². The molecule has 1 aromatic heterocycles. The minimum atomic E-state index is -2.87. The van der Waals surface area contributed by atoms with Crippen molar-refractivity contribution >= 4 is 18.9 Å². The van der Waals surface area contributed by atoms with Gasteiger partial charge in [-0.1, -0.05) is 0 Å². The summed E-state index contributed by atoms with van der Waals surface area (Å²) in [4.78, 5) is 4.00. The zero-order valence-electron chi connectivity index (χ0n) is 7.60. The largest absolute Gasteiger partial charge is 0.327 e. The Labute approximate surface area is 81.4 Å². The molecule has 6 heteroatoms. The van der Waals surface area contributed by atoms with Gasteiger partial charge in [0.25, 0.3) is 0 Å². The summed E-state index contributed by atoms with van der Waals surface area (Å²) in [7, 11) is -2.87. The number of nitrogens with zero attached hydrogens (tertiary/aromatic N) is 1. The van der Waals surface area contributed by atoms with E-state index in [1.54, 1.807) is 12.4 Å². The van der Waals surface area contributed by atoms with Crippen LogP contribution in [0.2, 0.25) is 0 Å². The predicted octanol–water partition coefficient (Wildman–Crippen LogP) is 2.52. The van der Waals surface area contributed by atoms with Crippen LogP contribution in [0.1, 0.15) is 12.6 Å². The normalized spacial score (nSPS) is 15.5. The Morgan fingerprint density at radius 3 is 2.92 bits per heavy atom. The van der Waals surface area contributed by atoms with Crippen LogP contribution in [-0.4, -0.2) is 18.3 Å². The van der Waals surface area contributed by atoms with Gasteiger partial charge in [0.15, 0.2) is 0 Å². The molecule has 0 radical (unpaired) electrons. The molecule has 0 N–H and O–H groups in total. The predicted molar refractivity (Wildman–Crippen MR) is 52.1 cm³/mol. The molecule has 0 bridgehead atoms. The van der Waals surface area contributed by atoms with E-state index in [1.807, 2.05) is 5.38 Å². The summed E-state index contributed by atoms with van der Waals surface area (Å²) in [6.45, 7) is 3.88. The molecule has 74 valence electrons.